The summed E-state index contributed by atoms with van der Waals surface area (Å²) >= 11 is 16.9. The van der Waals surface area contributed by atoms with Gasteiger partial charge in [-0.25, -0.2) is 8.42 Å². The van der Waals surface area contributed by atoms with Crippen LogP contribution in [0.25, 0.3) is 0 Å². The standard InChI is InChI=1S/C14H15BrCl2N2O3S2/c1-18(9-2-3-9)14(20)12-6-23-7-19(12)24(21,22)13-10(16)4-8(15)5-11(13)17/h4-5,9,12H,2-3,6-7H2,1H3. The molecular weight excluding hydrogens is 459 g/mol. The number of halogens is 3. The van der Waals surface area contributed by atoms with E-state index in [1.165, 1.54) is 28.2 Å². The fourth-order valence-corrected chi connectivity index (χ4v) is 7.65. The predicted octanol–water partition coefficient (Wildman–Crippen LogP) is 3.44. The van der Waals surface area contributed by atoms with E-state index in [2.05, 4.69) is 15.9 Å². The average Bonchev–Trinajstić information content (AvgIpc) is 3.20. The van der Waals surface area contributed by atoms with E-state index in [4.69, 9.17) is 23.2 Å². The van der Waals surface area contributed by atoms with Crippen LogP contribution in [0.15, 0.2) is 21.5 Å². The minimum atomic E-state index is -3.97. The van der Waals surface area contributed by atoms with Crippen LogP contribution in [0.2, 0.25) is 10.0 Å². The summed E-state index contributed by atoms with van der Waals surface area (Å²) in [6.45, 7) is 0. The zero-order valence-electron chi connectivity index (χ0n) is 12.7. The van der Waals surface area contributed by atoms with Crippen LogP contribution in [0.5, 0.6) is 0 Å². The van der Waals surface area contributed by atoms with Gasteiger partial charge in [0.25, 0.3) is 0 Å². The van der Waals surface area contributed by atoms with Gasteiger partial charge in [-0.05, 0) is 25.0 Å². The lowest BCUT2D eigenvalue weighted by atomic mass is 10.3. The Kier molecular flexibility index (Phi) is 5.45. The Morgan fingerprint density at radius 1 is 1.33 bits per heavy atom. The van der Waals surface area contributed by atoms with Gasteiger partial charge >= 0.3 is 0 Å². The monoisotopic (exact) mass is 472 g/mol. The molecule has 1 saturated carbocycles. The van der Waals surface area contributed by atoms with Gasteiger partial charge in [0.2, 0.25) is 15.9 Å². The lowest BCUT2D eigenvalue weighted by Crippen LogP contribution is -2.48. The Hall–Kier alpha value is 0.01000. The van der Waals surface area contributed by atoms with Crippen molar-refractivity contribution in [2.24, 2.45) is 0 Å². The molecule has 0 spiro atoms. The first kappa shape index (κ1) is 18.8. The molecule has 2 fully saturated rings. The Morgan fingerprint density at radius 3 is 2.46 bits per heavy atom. The van der Waals surface area contributed by atoms with E-state index in [0.717, 1.165) is 12.8 Å². The molecule has 1 aromatic rings. The second-order valence-electron chi connectivity index (χ2n) is 5.79. The van der Waals surface area contributed by atoms with Crippen molar-refractivity contribution in [1.29, 1.82) is 0 Å². The van der Waals surface area contributed by atoms with Crippen molar-refractivity contribution >= 4 is 66.8 Å². The molecule has 1 heterocycles. The summed E-state index contributed by atoms with van der Waals surface area (Å²) in [6, 6.07) is 2.47. The maximum Gasteiger partial charge on any atom is 0.247 e. The second-order valence-corrected chi connectivity index (χ2v) is 10.3. The molecule has 1 atom stereocenters. The third-order valence-corrected chi connectivity index (χ3v) is 8.51. The van der Waals surface area contributed by atoms with E-state index in [-0.39, 0.29) is 32.8 Å². The van der Waals surface area contributed by atoms with E-state index in [0.29, 0.717) is 10.2 Å². The van der Waals surface area contributed by atoms with Crippen molar-refractivity contribution in [3.05, 3.63) is 26.7 Å². The van der Waals surface area contributed by atoms with Gasteiger partial charge in [-0.15, -0.1) is 11.8 Å². The van der Waals surface area contributed by atoms with E-state index in [1.807, 2.05) is 0 Å². The van der Waals surface area contributed by atoms with Crippen LogP contribution >= 0.6 is 50.9 Å². The van der Waals surface area contributed by atoms with E-state index < -0.39 is 16.1 Å². The highest BCUT2D eigenvalue weighted by molar-refractivity contribution is 9.10. The van der Waals surface area contributed by atoms with Crippen molar-refractivity contribution in [2.75, 3.05) is 18.7 Å². The second kappa shape index (κ2) is 6.96. The minimum Gasteiger partial charge on any atom is -0.341 e. The molecular formula is C14H15BrCl2N2O3S2. The van der Waals surface area contributed by atoms with Crippen LogP contribution in [0.1, 0.15) is 12.8 Å². The highest BCUT2D eigenvalue weighted by atomic mass is 79.9. The molecule has 1 aromatic carbocycles. The van der Waals surface area contributed by atoms with Gasteiger partial charge in [0, 0.05) is 23.3 Å². The largest absolute Gasteiger partial charge is 0.341 e. The summed E-state index contributed by atoms with van der Waals surface area (Å²) < 4.78 is 27.9. The van der Waals surface area contributed by atoms with Crippen molar-refractivity contribution in [3.63, 3.8) is 0 Å². The van der Waals surface area contributed by atoms with Crippen LogP contribution < -0.4 is 0 Å². The van der Waals surface area contributed by atoms with Gasteiger partial charge < -0.3 is 4.90 Å². The molecule has 1 saturated heterocycles. The maximum absolute atomic E-state index is 13.1. The highest BCUT2D eigenvalue weighted by Crippen LogP contribution is 2.38. The molecule has 10 heteroatoms. The molecule has 1 aliphatic carbocycles. The van der Waals surface area contributed by atoms with E-state index in [9.17, 15) is 13.2 Å². The number of carbonyl (C=O) groups excluding carboxylic acids is 1. The van der Waals surface area contributed by atoms with Gasteiger partial charge in [0.05, 0.1) is 15.9 Å². The van der Waals surface area contributed by atoms with Crippen LogP contribution in [0.3, 0.4) is 0 Å². The summed E-state index contributed by atoms with van der Waals surface area (Å²) in [5.41, 5.74) is 0. The molecule has 0 aromatic heterocycles. The number of sulfonamides is 1. The number of amides is 1. The summed E-state index contributed by atoms with van der Waals surface area (Å²) in [4.78, 5) is 14.2. The zero-order chi connectivity index (χ0) is 17.6. The first-order chi connectivity index (χ1) is 11.2. The summed E-state index contributed by atoms with van der Waals surface area (Å²) in [5, 5.41) is 0.0704. The van der Waals surface area contributed by atoms with Crippen LogP contribution in [-0.4, -0.2) is 54.3 Å². The zero-order valence-corrected chi connectivity index (χ0v) is 17.4. The molecule has 1 unspecified atom stereocenters. The molecule has 5 nitrogen and oxygen atoms in total. The molecule has 0 N–H and O–H groups in total. The smallest absolute Gasteiger partial charge is 0.247 e. The van der Waals surface area contributed by atoms with Crippen LogP contribution in [-0.2, 0) is 14.8 Å². The van der Waals surface area contributed by atoms with Gasteiger partial charge in [0.15, 0.2) is 0 Å². The quantitative estimate of drug-likeness (QED) is 0.672. The molecule has 24 heavy (non-hydrogen) atoms. The summed E-state index contributed by atoms with van der Waals surface area (Å²) in [7, 11) is -2.24. The molecule has 3 rings (SSSR count). The average molecular weight is 474 g/mol. The maximum atomic E-state index is 13.1. The number of nitrogens with zero attached hydrogens (tertiary/aromatic N) is 2. The Labute approximate surface area is 163 Å². The summed E-state index contributed by atoms with van der Waals surface area (Å²) in [6.07, 6.45) is 1.94. The first-order valence-electron chi connectivity index (χ1n) is 7.24. The van der Waals surface area contributed by atoms with Gasteiger partial charge in [0.1, 0.15) is 10.9 Å². The Bertz CT molecular complexity index is 763. The number of rotatable bonds is 4. The molecule has 132 valence electrons. The fraction of sp³-hybridized carbons (Fsp3) is 0.500. The highest BCUT2D eigenvalue weighted by Gasteiger charge is 2.44. The van der Waals surface area contributed by atoms with Gasteiger partial charge in [-0.1, -0.05) is 39.1 Å². The normalized spacial score (nSPS) is 21.9. The Balaban J connectivity index is 1.95. The van der Waals surface area contributed by atoms with Crippen LogP contribution in [0, 0.1) is 0 Å². The van der Waals surface area contributed by atoms with E-state index in [1.54, 1.807) is 11.9 Å². The van der Waals surface area contributed by atoms with Crippen LogP contribution in [0.4, 0.5) is 0 Å². The molecule has 0 bridgehead atoms. The van der Waals surface area contributed by atoms with Gasteiger partial charge in [-0.2, -0.15) is 4.31 Å². The molecule has 1 amide bonds. The number of likely N-dealkylation sites (N-methyl/N-ethyl adjacent to an activating group) is 1. The molecule has 2 aliphatic rings. The third kappa shape index (κ3) is 3.46. The topological polar surface area (TPSA) is 57.7 Å². The molecule has 1 aliphatic heterocycles. The number of carbonyl (C=O) groups is 1. The first-order valence-corrected chi connectivity index (χ1v) is 11.4. The third-order valence-electron chi connectivity index (χ3n) is 4.10. The summed E-state index contributed by atoms with van der Waals surface area (Å²) in [5.74, 6) is 0.469. The SMILES string of the molecule is CN(C(=O)C1CSCN1S(=O)(=O)c1c(Cl)cc(Br)cc1Cl)C1CC1. The number of hydrogen-bond acceptors (Lipinski definition) is 4. The Morgan fingerprint density at radius 2 is 1.92 bits per heavy atom. The lowest BCUT2D eigenvalue weighted by molar-refractivity contribution is -0.133. The number of benzene rings is 1. The van der Waals surface area contributed by atoms with Crippen molar-refractivity contribution in [1.82, 2.24) is 9.21 Å². The number of hydrogen-bond donors (Lipinski definition) is 0. The predicted molar refractivity (Wildman–Crippen MR) is 100 cm³/mol. The number of thioether (sulfide) groups is 1. The lowest BCUT2D eigenvalue weighted by Gasteiger charge is -2.27. The minimum absolute atomic E-state index is 0.0352. The van der Waals surface area contributed by atoms with Crippen molar-refractivity contribution < 1.29 is 13.2 Å². The molecule has 0 radical (unpaired) electrons. The van der Waals surface area contributed by atoms with Crippen molar-refractivity contribution in [2.45, 2.75) is 29.8 Å². The van der Waals surface area contributed by atoms with E-state index >= 15 is 0 Å². The van der Waals surface area contributed by atoms with Gasteiger partial charge in [-0.3, -0.25) is 4.79 Å². The fourth-order valence-electron chi connectivity index (χ4n) is 2.63. The van der Waals surface area contributed by atoms with Crippen molar-refractivity contribution in [3.8, 4) is 0 Å².